The molecule has 1 aromatic rings. The Balaban J connectivity index is 2.92. The molecule has 0 atom stereocenters. The molecule has 14 heavy (non-hydrogen) atoms. The van der Waals surface area contributed by atoms with Gasteiger partial charge < -0.3 is 4.74 Å². The van der Waals surface area contributed by atoms with Crippen molar-refractivity contribution in [3.63, 3.8) is 0 Å². The maximum absolute atomic E-state index is 12.4. The first kappa shape index (κ1) is 10.4. The normalized spacial score (nSPS) is 10.7. The van der Waals surface area contributed by atoms with Crippen molar-refractivity contribution in [1.82, 2.24) is 0 Å². The van der Waals surface area contributed by atoms with Crippen LogP contribution in [0.4, 0.5) is 13.2 Å². The minimum atomic E-state index is -3.88. The fraction of sp³-hybridized carbons (Fsp3) is 0.222. The summed E-state index contributed by atoms with van der Waals surface area (Å²) in [6.07, 6.45) is -3.88. The summed E-state index contributed by atoms with van der Waals surface area (Å²) in [7, 11) is 0. The van der Waals surface area contributed by atoms with Crippen molar-refractivity contribution in [2.75, 3.05) is 6.67 Å². The lowest BCUT2D eigenvalue weighted by Gasteiger charge is -2.14. The first-order chi connectivity index (χ1) is 6.59. The number of benzene rings is 1. The van der Waals surface area contributed by atoms with Gasteiger partial charge in [0.05, 0.1) is 5.56 Å². The molecule has 2 nitrogen and oxygen atoms in total. The smallest absolute Gasteiger partial charge is 0.427 e. The molecule has 0 aliphatic carbocycles. The van der Waals surface area contributed by atoms with Gasteiger partial charge in [-0.3, -0.25) is 0 Å². The Kier molecular flexibility index (Phi) is 2.97. The fourth-order valence-electron chi connectivity index (χ4n) is 0.836. The average molecular weight is 201 g/mol. The Labute approximate surface area is 78.5 Å². The van der Waals surface area contributed by atoms with E-state index in [1.54, 1.807) is 6.07 Å². The third-order valence-corrected chi connectivity index (χ3v) is 1.42. The highest BCUT2D eigenvalue weighted by molar-refractivity contribution is 5.42. The highest BCUT2D eigenvalue weighted by Gasteiger charge is 2.32. The van der Waals surface area contributed by atoms with Crippen molar-refractivity contribution in [3.05, 3.63) is 29.8 Å². The van der Waals surface area contributed by atoms with E-state index in [0.717, 1.165) is 0 Å². The average Bonchev–Trinajstić information content (AvgIpc) is 2.18. The van der Waals surface area contributed by atoms with Crippen LogP contribution in [0.1, 0.15) is 5.56 Å². The molecule has 1 aromatic carbocycles. The standard InChI is InChI=1S/C9H6F3NO/c10-6-9(11,12)14-8-4-2-1-3-7(8)5-13/h1-4H,6H2. The van der Waals surface area contributed by atoms with Gasteiger partial charge in [0, 0.05) is 0 Å². The van der Waals surface area contributed by atoms with Crippen molar-refractivity contribution < 1.29 is 17.9 Å². The number of para-hydroxylation sites is 1. The predicted octanol–water partition coefficient (Wildman–Crippen LogP) is 2.50. The topological polar surface area (TPSA) is 33.0 Å². The van der Waals surface area contributed by atoms with Gasteiger partial charge in [-0.2, -0.15) is 14.0 Å². The first-order valence-corrected chi connectivity index (χ1v) is 3.71. The zero-order valence-corrected chi connectivity index (χ0v) is 7.01. The van der Waals surface area contributed by atoms with Crippen LogP contribution in [-0.2, 0) is 0 Å². The SMILES string of the molecule is N#Cc1ccccc1OC(F)(F)CF. The van der Waals surface area contributed by atoms with Crippen LogP contribution >= 0.6 is 0 Å². The van der Waals surface area contributed by atoms with E-state index < -0.39 is 12.8 Å². The van der Waals surface area contributed by atoms with Gasteiger partial charge in [0.1, 0.15) is 11.8 Å². The van der Waals surface area contributed by atoms with E-state index in [1.165, 1.54) is 24.3 Å². The Hall–Kier alpha value is -1.70. The number of alkyl halides is 3. The van der Waals surface area contributed by atoms with E-state index in [2.05, 4.69) is 4.74 Å². The van der Waals surface area contributed by atoms with Gasteiger partial charge in [0.25, 0.3) is 0 Å². The van der Waals surface area contributed by atoms with Crippen molar-refractivity contribution in [1.29, 1.82) is 5.26 Å². The monoisotopic (exact) mass is 201 g/mol. The summed E-state index contributed by atoms with van der Waals surface area (Å²) in [6, 6.07) is 7.07. The van der Waals surface area contributed by atoms with E-state index in [9.17, 15) is 13.2 Å². The molecule has 0 unspecified atom stereocenters. The van der Waals surface area contributed by atoms with Gasteiger partial charge in [-0.05, 0) is 12.1 Å². The summed E-state index contributed by atoms with van der Waals surface area (Å²) < 4.78 is 40.7. The maximum Gasteiger partial charge on any atom is 0.427 e. The molecule has 74 valence electrons. The third kappa shape index (κ3) is 2.39. The summed E-state index contributed by atoms with van der Waals surface area (Å²) in [6.45, 7) is -1.92. The van der Waals surface area contributed by atoms with Crippen molar-refractivity contribution in [2.24, 2.45) is 0 Å². The number of hydrogen-bond donors (Lipinski definition) is 0. The van der Waals surface area contributed by atoms with Gasteiger partial charge in [0.15, 0.2) is 6.67 Å². The minimum absolute atomic E-state index is 0.0550. The number of halogens is 3. The molecular weight excluding hydrogens is 195 g/mol. The van der Waals surface area contributed by atoms with Crippen LogP contribution in [0.5, 0.6) is 5.75 Å². The van der Waals surface area contributed by atoms with Gasteiger partial charge in [-0.25, -0.2) is 4.39 Å². The van der Waals surface area contributed by atoms with E-state index in [1.807, 2.05) is 0 Å². The molecule has 0 spiro atoms. The molecule has 0 heterocycles. The Morgan fingerprint density at radius 2 is 2.00 bits per heavy atom. The van der Waals surface area contributed by atoms with Gasteiger partial charge in [0.2, 0.25) is 0 Å². The highest BCUT2D eigenvalue weighted by atomic mass is 19.3. The van der Waals surface area contributed by atoms with Crippen molar-refractivity contribution in [3.8, 4) is 11.8 Å². The lowest BCUT2D eigenvalue weighted by atomic mass is 10.2. The second-order valence-corrected chi connectivity index (χ2v) is 2.48. The summed E-state index contributed by atoms with van der Waals surface area (Å²) in [5.41, 5.74) is -0.0550. The number of ether oxygens (including phenoxy) is 1. The third-order valence-electron chi connectivity index (χ3n) is 1.42. The molecule has 0 aliphatic rings. The summed E-state index contributed by atoms with van der Waals surface area (Å²) in [4.78, 5) is 0. The maximum atomic E-state index is 12.4. The lowest BCUT2D eigenvalue weighted by Crippen LogP contribution is -2.27. The number of rotatable bonds is 3. The Bertz CT molecular complexity index is 359. The number of nitrogens with zero attached hydrogens (tertiary/aromatic N) is 1. The molecule has 0 radical (unpaired) electrons. The number of nitriles is 1. The quantitative estimate of drug-likeness (QED) is 0.752. The van der Waals surface area contributed by atoms with E-state index in [0.29, 0.717) is 0 Å². The second-order valence-electron chi connectivity index (χ2n) is 2.48. The molecule has 1 rings (SSSR count). The first-order valence-electron chi connectivity index (χ1n) is 3.71. The lowest BCUT2D eigenvalue weighted by molar-refractivity contribution is -0.186. The van der Waals surface area contributed by atoms with Crippen LogP contribution in [0.25, 0.3) is 0 Å². The fourth-order valence-corrected chi connectivity index (χ4v) is 0.836. The van der Waals surface area contributed by atoms with Crippen molar-refractivity contribution in [2.45, 2.75) is 6.11 Å². The van der Waals surface area contributed by atoms with Crippen LogP contribution in [-0.4, -0.2) is 12.8 Å². The molecule has 0 aliphatic heterocycles. The van der Waals surface area contributed by atoms with Crippen molar-refractivity contribution >= 4 is 0 Å². The van der Waals surface area contributed by atoms with Crippen LogP contribution in [0.2, 0.25) is 0 Å². The summed E-state index contributed by atoms with van der Waals surface area (Å²) in [5, 5.41) is 8.52. The molecular formula is C9H6F3NO. The van der Waals surface area contributed by atoms with E-state index in [-0.39, 0.29) is 11.3 Å². The van der Waals surface area contributed by atoms with Crippen LogP contribution in [0, 0.1) is 11.3 Å². The summed E-state index contributed by atoms with van der Waals surface area (Å²) >= 11 is 0. The summed E-state index contributed by atoms with van der Waals surface area (Å²) in [5.74, 6) is -0.322. The predicted molar refractivity (Wildman–Crippen MR) is 42.7 cm³/mol. The molecule has 0 fully saturated rings. The van der Waals surface area contributed by atoms with Gasteiger partial charge >= 0.3 is 6.11 Å². The molecule has 0 amide bonds. The van der Waals surface area contributed by atoms with Crippen LogP contribution in [0.15, 0.2) is 24.3 Å². The van der Waals surface area contributed by atoms with E-state index >= 15 is 0 Å². The zero-order valence-electron chi connectivity index (χ0n) is 7.01. The highest BCUT2D eigenvalue weighted by Crippen LogP contribution is 2.24. The number of hydrogen-bond acceptors (Lipinski definition) is 2. The minimum Gasteiger partial charge on any atom is -0.429 e. The molecule has 0 bridgehead atoms. The van der Waals surface area contributed by atoms with Crippen LogP contribution in [0.3, 0.4) is 0 Å². The molecule has 0 saturated carbocycles. The van der Waals surface area contributed by atoms with Gasteiger partial charge in [-0.1, -0.05) is 12.1 Å². The molecule has 0 saturated heterocycles. The Morgan fingerprint density at radius 3 is 2.57 bits per heavy atom. The van der Waals surface area contributed by atoms with E-state index in [4.69, 9.17) is 5.26 Å². The van der Waals surface area contributed by atoms with Crippen LogP contribution < -0.4 is 4.74 Å². The largest absolute Gasteiger partial charge is 0.429 e. The molecule has 0 N–H and O–H groups in total. The second kappa shape index (κ2) is 4.01. The Morgan fingerprint density at radius 1 is 1.36 bits per heavy atom. The zero-order chi connectivity index (χ0) is 10.6. The van der Waals surface area contributed by atoms with Gasteiger partial charge in [-0.15, -0.1) is 0 Å². The molecule has 0 aromatic heterocycles. The molecule has 5 heteroatoms.